The largest absolute Gasteiger partial charge is 0.388 e. The maximum Gasteiger partial charge on any atom is 0.245 e. The highest BCUT2D eigenvalue weighted by Gasteiger charge is 2.43. The minimum absolute atomic E-state index is 0.201. The average Bonchev–Trinajstić information content (AvgIpc) is 3.60. The highest BCUT2D eigenvalue weighted by atomic mass is 19.1. The van der Waals surface area contributed by atoms with Crippen LogP contribution >= 0.6 is 0 Å². The van der Waals surface area contributed by atoms with Crippen molar-refractivity contribution < 1.29 is 38.4 Å². The molecule has 3 aromatic rings. The van der Waals surface area contributed by atoms with Crippen molar-refractivity contribution in [3.05, 3.63) is 59.7 Å². The Kier molecular flexibility index (Phi) is 9.86. The monoisotopic (exact) mass is 642 g/mol. The van der Waals surface area contributed by atoms with Crippen LogP contribution in [0.4, 0.5) is 8.78 Å². The molecule has 10 nitrogen and oxygen atoms in total. The molecular formula is C34H44F2N4O6. The van der Waals surface area contributed by atoms with Gasteiger partial charge in [0, 0.05) is 18.0 Å². The number of likely N-dealkylation sites (tertiary alicyclic amines) is 1. The van der Waals surface area contributed by atoms with Crippen LogP contribution in [0.15, 0.2) is 42.5 Å². The summed E-state index contributed by atoms with van der Waals surface area (Å²) in [6, 6.07) is 8.44. The third-order valence-corrected chi connectivity index (χ3v) is 9.24. The first kappa shape index (κ1) is 33.9. The molecular weight excluding hydrogens is 598 g/mol. The van der Waals surface area contributed by atoms with E-state index in [1.54, 1.807) is 41.6 Å². The van der Waals surface area contributed by atoms with Crippen LogP contribution in [0.5, 0.6) is 0 Å². The normalized spacial score (nSPS) is 25.1. The van der Waals surface area contributed by atoms with E-state index in [2.05, 4.69) is 10.6 Å². The van der Waals surface area contributed by atoms with Crippen LogP contribution in [0.3, 0.4) is 0 Å². The Morgan fingerprint density at radius 2 is 1.72 bits per heavy atom. The van der Waals surface area contributed by atoms with E-state index in [0.717, 1.165) is 12.0 Å². The van der Waals surface area contributed by atoms with Gasteiger partial charge in [-0.2, -0.15) is 0 Å². The van der Waals surface area contributed by atoms with E-state index in [4.69, 9.17) is 4.74 Å². The van der Waals surface area contributed by atoms with Crippen molar-refractivity contribution >= 4 is 22.7 Å². The maximum atomic E-state index is 14.8. The van der Waals surface area contributed by atoms with Crippen LogP contribution in [0, 0.1) is 17.0 Å². The molecule has 0 spiro atoms. The summed E-state index contributed by atoms with van der Waals surface area (Å²) in [6.45, 7) is 7.65. The van der Waals surface area contributed by atoms with E-state index >= 15 is 0 Å². The van der Waals surface area contributed by atoms with Gasteiger partial charge >= 0.3 is 0 Å². The number of aliphatic hydroxyl groups excluding tert-OH is 3. The fraction of sp³-hybridized carbons (Fsp3) is 0.529. The predicted octanol–water partition coefficient (Wildman–Crippen LogP) is 2.87. The number of amides is 2. The highest BCUT2D eigenvalue weighted by molar-refractivity contribution is 5.93. The van der Waals surface area contributed by atoms with Crippen molar-refractivity contribution in [1.82, 2.24) is 20.1 Å². The molecule has 5 rings (SSSR count). The van der Waals surface area contributed by atoms with E-state index in [1.807, 2.05) is 20.8 Å². The SMILES string of the molecule is CN[C@@H](C)C(=O)NC(C(=O)N1CCCC1Cc1c(-c2ccc(F)cc2)n([C@@H]2OC[C@@H](O)C(O)[C@H]2O)c2cc(F)ccc12)C(C)(C)C. The number of carbonyl (C=O) groups excluding carboxylic acids is 2. The Morgan fingerprint density at radius 1 is 1.04 bits per heavy atom. The van der Waals surface area contributed by atoms with E-state index in [1.165, 1.54) is 24.3 Å². The third-order valence-electron chi connectivity index (χ3n) is 9.24. The number of hydrogen-bond acceptors (Lipinski definition) is 7. The standard InChI is InChI=1S/C34H44F2N4O6/c1-18(37-5)31(44)38-30(34(2,3)4)32(45)39-14-6-7-22(39)16-24-23-13-12-21(36)15-25(23)40(27(24)19-8-10-20(35)11-9-19)33-29(43)28(42)26(41)17-46-33/h8-13,15,18,22,26,28-30,33,37,41-43H,6-7,14,16-17H2,1-5H3,(H,38,44)/t18-,22?,26+,28?,29+,30?,33+/m0/s1. The lowest BCUT2D eigenvalue weighted by Gasteiger charge is -2.37. The number of nitrogens with zero attached hydrogens (tertiary/aromatic N) is 2. The predicted molar refractivity (Wildman–Crippen MR) is 169 cm³/mol. The summed E-state index contributed by atoms with van der Waals surface area (Å²) >= 11 is 0. The Balaban J connectivity index is 1.61. The summed E-state index contributed by atoms with van der Waals surface area (Å²) in [5.74, 6) is -1.48. The molecule has 2 aliphatic heterocycles. The van der Waals surface area contributed by atoms with Crippen molar-refractivity contribution in [2.75, 3.05) is 20.2 Å². The molecule has 2 saturated heterocycles. The minimum Gasteiger partial charge on any atom is -0.388 e. The van der Waals surface area contributed by atoms with Crippen LogP contribution in [-0.4, -0.2) is 93.2 Å². The lowest BCUT2D eigenvalue weighted by atomic mass is 9.85. The van der Waals surface area contributed by atoms with Crippen molar-refractivity contribution in [2.45, 2.75) is 89.6 Å². The van der Waals surface area contributed by atoms with Crippen LogP contribution in [0.1, 0.15) is 52.3 Å². The average molecular weight is 643 g/mol. The highest BCUT2D eigenvalue weighted by Crippen LogP contribution is 2.41. The molecule has 12 heteroatoms. The van der Waals surface area contributed by atoms with Gasteiger partial charge in [-0.1, -0.05) is 20.8 Å². The molecule has 2 amide bonds. The van der Waals surface area contributed by atoms with E-state index in [-0.39, 0.29) is 24.5 Å². The number of carbonyl (C=O) groups is 2. The first-order valence-electron chi connectivity index (χ1n) is 15.7. The number of hydrogen-bond donors (Lipinski definition) is 5. The number of aliphatic hydroxyl groups is 3. The van der Waals surface area contributed by atoms with Gasteiger partial charge in [-0.25, -0.2) is 8.78 Å². The number of aromatic nitrogens is 1. The summed E-state index contributed by atoms with van der Waals surface area (Å²) < 4.78 is 36.4. The van der Waals surface area contributed by atoms with Crippen molar-refractivity contribution in [1.29, 1.82) is 0 Å². The topological polar surface area (TPSA) is 136 Å². The van der Waals surface area contributed by atoms with Gasteiger partial charge in [0.25, 0.3) is 0 Å². The fourth-order valence-corrected chi connectivity index (χ4v) is 6.55. The number of likely N-dealkylation sites (N-methyl/N-ethyl adjacent to an activating group) is 1. The third kappa shape index (κ3) is 6.54. The van der Waals surface area contributed by atoms with Gasteiger partial charge in [-0.15, -0.1) is 0 Å². The van der Waals surface area contributed by atoms with Gasteiger partial charge in [0.1, 0.15) is 36.0 Å². The van der Waals surface area contributed by atoms with Gasteiger partial charge < -0.3 is 40.2 Å². The molecule has 0 bridgehead atoms. The van der Waals surface area contributed by atoms with Crippen LogP contribution in [-0.2, 0) is 20.7 Å². The van der Waals surface area contributed by atoms with E-state index in [0.29, 0.717) is 41.5 Å². The summed E-state index contributed by atoms with van der Waals surface area (Å²) in [5.41, 5.74) is 1.58. The first-order valence-corrected chi connectivity index (χ1v) is 15.7. The van der Waals surface area contributed by atoms with Crippen molar-refractivity contribution in [3.63, 3.8) is 0 Å². The second-order valence-electron chi connectivity index (χ2n) is 13.5. The van der Waals surface area contributed by atoms with Crippen LogP contribution in [0.2, 0.25) is 0 Å². The smallest absolute Gasteiger partial charge is 0.245 e. The number of benzene rings is 2. The Morgan fingerprint density at radius 3 is 2.37 bits per heavy atom. The summed E-state index contributed by atoms with van der Waals surface area (Å²) in [4.78, 5) is 28.9. The van der Waals surface area contributed by atoms with Crippen LogP contribution < -0.4 is 10.6 Å². The maximum absolute atomic E-state index is 14.8. The van der Waals surface area contributed by atoms with Gasteiger partial charge in [0.15, 0.2) is 6.23 Å². The number of halogens is 2. The molecule has 0 saturated carbocycles. The lowest BCUT2D eigenvalue weighted by Crippen LogP contribution is -2.58. The lowest BCUT2D eigenvalue weighted by molar-refractivity contribution is -0.209. The zero-order valence-corrected chi connectivity index (χ0v) is 26.8. The second-order valence-corrected chi connectivity index (χ2v) is 13.5. The summed E-state index contributed by atoms with van der Waals surface area (Å²) in [6.07, 6.45) is -3.85. The van der Waals surface area contributed by atoms with Gasteiger partial charge in [-0.3, -0.25) is 9.59 Å². The van der Waals surface area contributed by atoms with E-state index in [9.17, 15) is 33.7 Å². The number of nitrogens with one attached hydrogen (secondary N) is 2. The van der Waals surface area contributed by atoms with Gasteiger partial charge in [0.2, 0.25) is 11.8 Å². The molecule has 2 fully saturated rings. The van der Waals surface area contributed by atoms with E-state index < -0.39 is 53.7 Å². The molecule has 2 aromatic carbocycles. The minimum atomic E-state index is -1.56. The molecule has 1 aromatic heterocycles. The zero-order chi connectivity index (χ0) is 33.5. The number of ether oxygens (including phenoxy) is 1. The quantitative estimate of drug-likeness (QED) is 0.255. The molecule has 3 unspecified atom stereocenters. The fourth-order valence-electron chi connectivity index (χ4n) is 6.55. The molecule has 2 aliphatic rings. The van der Waals surface area contributed by atoms with Gasteiger partial charge in [0.05, 0.1) is 23.9 Å². The second kappa shape index (κ2) is 13.4. The van der Waals surface area contributed by atoms with Crippen molar-refractivity contribution in [2.24, 2.45) is 5.41 Å². The molecule has 46 heavy (non-hydrogen) atoms. The summed E-state index contributed by atoms with van der Waals surface area (Å²) in [5, 5.41) is 38.3. The molecule has 3 heterocycles. The first-order chi connectivity index (χ1) is 21.7. The Hall–Kier alpha value is -3.42. The van der Waals surface area contributed by atoms with Crippen molar-refractivity contribution in [3.8, 4) is 11.3 Å². The zero-order valence-electron chi connectivity index (χ0n) is 26.8. The summed E-state index contributed by atoms with van der Waals surface area (Å²) in [7, 11) is 1.68. The molecule has 0 radical (unpaired) electrons. The molecule has 5 N–H and O–H groups in total. The van der Waals surface area contributed by atoms with Crippen LogP contribution in [0.25, 0.3) is 22.2 Å². The number of rotatable bonds is 8. The number of fused-ring (bicyclic) bond motifs is 1. The molecule has 250 valence electrons. The Bertz CT molecular complexity index is 1570. The molecule has 7 atom stereocenters. The molecule has 0 aliphatic carbocycles. The van der Waals surface area contributed by atoms with Gasteiger partial charge in [-0.05, 0) is 92.2 Å². The Labute approximate surface area is 267 Å².